The molecule has 0 atom stereocenters. The molecule has 5 aromatic rings. The van der Waals surface area contributed by atoms with E-state index in [2.05, 4.69) is 15.0 Å². The van der Waals surface area contributed by atoms with Crippen molar-refractivity contribution in [3.63, 3.8) is 0 Å². The fourth-order valence-corrected chi connectivity index (χ4v) is 4.74. The van der Waals surface area contributed by atoms with Gasteiger partial charge in [-0.1, -0.05) is 0 Å². The number of carbonyl (C=O) groups is 1. The van der Waals surface area contributed by atoms with Gasteiger partial charge in [0.05, 0.1) is 47.9 Å². The second kappa shape index (κ2) is 8.80. The molecular weight excluding hydrogens is 497 g/mol. The lowest BCUT2D eigenvalue weighted by molar-refractivity contribution is -0.137. The van der Waals surface area contributed by atoms with Crippen molar-refractivity contribution in [2.24, 2.45) is 0 Å². The first kappa shape index (κ1) is 23.9. The average molecular weight is 518 g/mol. The Labute approximate surface area is 214 Å². The number of hydrogen-bond donors (Lipinski definition) is 1. The fourth-order valence-electron chi connectivity index (χ4n) is 4.74. The fraction of sp³-hybridized carbons (Fsp3) is 0.185. The summed E-state index contributed by atoms with van der Waals surface area (Å²) in [5, 5.41) is 0.785. The number of aryl methyl sites for hydroxylation is 1. The normalized spacial score (nSPS) is 13.3. The zero-order valence-corrected chi connectivity index (χ0v) is 20.2. The highest BCUT2D eigenvalue weighted by atomic mass is 19.4. The number of ether oxygens (including phenoxy) is 1. The Morgan fingerprint density at radius 3 is 2.71 bits per heavy atom. The van der Waals surface area contributed by atoms with Crippen molar-refractivity contribution in [1.29, 1.82) is 0 Å². The highest BCUT2D eigenvalue weighted by molar-refractivity contribution is 6.08. The maximum atomic E-state index is 14.0. The number of nitrogens with zero attached hydrogens (tertiary/aromatic N) is 5. The van der Waals surface area contributed by atoms with Crippen molar-refractivity contribution in [2.75, 3.05) is 10.6 Å². The standard InChI is InChI=1S/C27H21F3N6O2/c1-15-23(3-2-8-32-15)36(12-18-11-35-10-17(27(28,29)30)5-7-24(35)33-18)26(37)16-4-6-22-19(9-16)20-13-38-14-21(20)25(31)34-22/h2-11H,12-14H2,1H3,(H2,31,34). The summed E-state index contributed by atoms with van der Waals surface area (Å²) in [6.45, 7) is 2.55. The number of benzene rings is 1. The summed E-state index contributed by atoms with van der Waals surface area (Å²) in [4.78, 5) is 28.7. The van der Waals surface area contributed by atoms with E-state index in [0.29, 0.717) is 52.8 Å². The predicted molar refractivity (Wildman–Crippen MR) is 134 cm³/mol. The number of anilines is 2. The molecule has 1 aliphatic heterocycles. The van der Waals surface area contributed by atoms with E-state index in [0.717, 1.165) is 28.8 Å². The third-order valence-corrected chi connectivity index (χ3v) is 6.64. The number of alkyl halides is 3. The summed E-state index contributed by atoms with van der Waals surface area (Å²) in [5.41, 5.74) is 10.0. The van der Waals surface area contributed by atoms with Crippen LogP contribution in [0.25, 0.3) is 16.6 Å². The highest BCUT2D eigenvalue weighted by Crippen LogP contribution is 2.33. The van der Waals surface area contributed by atoms with Crippen LogP contribution in [0.2, 0.25) is 0 Å². The average Bonchev–Trinajstić information content (AvgIpc) is 3.54. The van der Waals surface area contributed by atoms with Gasteiger partial charge in [0.2, 0.25) is 0 Å². The van der Waals surface area contributed by atoms with Gasteiger partial charge in [0.1, 0.15) is 11.5 Å². The molecule has 11 heteroatoms. The van der Waals surface area contributed by atoms with Gasteiger partial charge in [0, 0.05) is 35.1 Å². The minimum absolute atomic E-state index is 0.0215. The molecule has 0 saturated carbocycles. The first-order chi connectivity index (χ1) is 18.2. The number of nitrogens with two attached hydrogens (primary N) is 1. The Balaban J connectivity index is 1.42. The summed E-state index contributed by atoms with van der Waals surface area (Å²) in [6, 6.07) is 11.0. The van der Waals surface area contributed by atoms with Crippen LogP contribution in [-0.2, 0) is 30.7 Å². The summed E-state index contributed by atoms with van der Waals surface area (Å²) in [7, 11) is 0. The quantitative estimate of drug-likeness (QED) is 0.357. The molecule has 1 aromatic carbocycles. The van der Waals surface area contributed by atoms with Crippen LogP contribution in [0.5, 0.6) is 0 Å². The number of aromatic nitrogens is 4. The molecule has 0 bridgehead atoms. The van der Waals surface area contributed by atoms with Crippen LogP contribution in [-0.4, -0.2) is 25.3 Å². The Hall–Kier alpha value is -4.51. The number of amides is 1. The summed E-state index contributed by atoms with van der Waals surface area (Å²) >= 11 is 0. The van der Waals surface area contributed by atoms with E-state index in [1.165, 1.54) is 21.6 Å². The zero-order valence-electron chi connectivity index (χ0n) is 20.2. The maximum absolute atomic E-state index is 14.0. The third-order valence-electron chi connectivity index (χ3n) is 6.64. The van der Waals surface area contributed by atoms with E-state index >= 15 is 0 Å². The van der Waals surface area contributed by atoms with Crippen LogP contribution in [0.1, 0.15) is 38.4 Å². The van der Waals surface area contributed by atoms with Crippen LogP contribution >= 0.6 is 0 Å². The predicted octanol–water partition coefficient (Wildman–Crippen LogP) is 5.06. The van der Waals surface area contributed by atoms with Crippen LogP contribution < -0.4 is 10.6 Å². The highest BCUT2D eigenvalue weighted by Gasteiger charge is 2.31. The molecule has 1 amide bonds. The Kier molecular flexibility index (Phi) is 5.53. The van der Waals surface area contributed by atoms with Crippen molar-refractivity contribution in [2.45, 2.75) is 32.9 Å². The van der Waals surface area contributed by atoms with Gasteiger partial charge in [0.15, 0.2) is 0 Å². The number of imidazole rings is 1. The van der Waals surface area contributed by atoms with Crippen molar-refractivity contribution >= 4 is 34.0 Å². The molecule has 0 aliphatic carbocycles. The van der Waals surface area contributed by atoms with Crippen molar-refractivity contribution in [3.05, 3.63) is 94.7 Å². The molecule has 2 N–H and O–H groups in total. The van der Waals surface area contributed by atoms with Crippen LogP contribution in [0.3, 0.4) is 0 Å². The lowest BCUT2D eigenvalue weighted by Crippen LogP contribution is -2.31. The van der Waals surface area contributed by atoms with Crippen LogP contribution in [0, 0.1) is 6.92 Å². The molecule has 0 radical (unpaired) electrons. The van der Waals surface area contributed by atoms with Crippen molar-refractivity contribution in [3.8, 4) is 0 Å². The molecule has 6 rings (SSSR count). The Morgan fingerprint density at radius 1 is 1.11 bits per heavy atom. The molecule has 1 aliphatic rings. The van der Waals surface area contributed by atoms with E-state index in [9.17, 15) is 18.0 Å². The van der Waals surface area contributed by atoms with Gasteiger partial charge >= 0.3 is 6.18 Å². The van der Waals surface area contributed by atoms with E-state index in [1.54, 1.807) is 43.5 Å². The first-order valence-electron chi connectivity index (χ1n) is 11.8. The molecule has 5 heterocycles. The number of fused-ring (bicyclic) bond motifs is 4. The first-order valence-corrected chi connectivity index (χ1v) is 11.8. The van der Waals surface area contributed by atoms with E-state index in [4.69, 9.17) is 10.5 Å². The van der Waals surface area contributed by atoms with Crippen molar-refractivity contribution in [1.82, 2.24) is 19.4 Å². The van der Waals surface area contributed by atoms with Gasteiger partial charge in [0.25, 0.3) is 5.91 Å². The largest absolute Gasteiger partial charge is 0.417 e. The molecule has 8 nitrogen and oxygen atoms in total. The number of hydrogen-bond acceptors (Lipinski definition) is 6. The molecule has 38 heavy (non-hydrogen) atoms. The number of rotatable bonds is 4. The third kappa shape index (κ3) is 4.10. The van der Waals surface area contributed by atoms with Gasteiger partial charge in [-0.3, -0.25) is 9.78 Å². The molecule has 192 valence electrons. The van der Waals surface area contributed by atoms with Gasteiger partial charge in [-0.05, 0) is 55.0 Å². The maximum Gasteiger partial charge on any atom is 0.417 e. The van der Waals surface area contributed by atoms with Gasteiger partial charge < -0.3 is 19.8 Å². The Morgan fingerprint density at radius 2 is 1.92 bits per heavy atom. The van der Waals surface area contributed by atoms with E-state index in [-0.39, 0.29) is 12.5 Å². The number of nitrogen functional groups attached to an aromatic ring is 1. The number of halogens is 3. The van der Waals surface area contributed by atoms with Gasteiger partial charge in [-0.25, -0.2) is 9.97 Å². The number of carbonyl (C=O) groups excluding carboxylic acids is 1. The zero-order chi connectivity index (χ0) is 26.6. The van der Waals surface area contributed by atoms with Gasteiger partial charge in [-0.15, -0.1) is 0 Å². The SMILES string of the molecule is Cc1ncccc1N(Cc1cn2cc(C(F)(F)F)ccc2n1)C(=O)c1ccc2nc(N)c3c(c2c1)COC3. The second-order valence-corrected chi connectivity index (χ2v) is 9.09. The van der Waals surface area contributed by atoms with Crippen LogP contribution in [0.15, 0.2) is 61.1 Å². The molecular formula is C27H21F3N6O2. The smallest absolute Gasteiger partial charge is 0.383 e. The van der Waals surface area contributed by atoms with E-state index in [1.807, 2.05) is 0 Å². The monoisotopic (exact) mass is 518 g/mol. The number of pyridine rings is 3. The second-order valence-electron chi connectivity index (χ2n) is 9.09. The summed E-state index contributed by atoms with van der Waals surface area (Å²) in [5.74, 6) is 0.0951. The Bertz CT molecular complexity index is 1730. The molecule has 0 fully saturated rings. The van der Waals surface area contributed by atoms with Crippen LogP contribution in [0.4, 0.5) is 24.7 Å². The molecule has 4 aromatic heterocycles. The molecule has 0 spiro atoms. The van der Waals surface area contributed by atoms with Crippen molar-refractivity contribution < 1.29 is 22.7 Å². The lowest BCUT2D eigenvalue weighted by Gasteiger charge is -2.23. The van der Waals surface area contributed by atoms with Gasteiger partial charge in [-0.2, -0.15) is 13.2 Å². The minimum atomic E-state index is -4.48. The summed E-state index contributed by atoms with van der Waals surface area (Å²) < 4.78 is 46.5. The molecule has 0 saturated heterocycles. The molecule has 0 unspecified atom stereocenters. The lowest BCUT2D eigenvalue weighted by atomic mass is 10.0. The summed E-state index contributed by atoms with van der Waals surface area (Å²) in [6.07, 6.45) is -0.374. The van der Waals surface area contributed by atoms with E-state index < -0.39 is 11.7 Å². The topological polar surface area (TPSA) is 98.6 Å². The minimum Gasteiger partial charge on any atom is -0.383 e.